The first kappa shape index (κ1) is 19.0. The van der Waals surface area contributed by atoms with Crippen LogP contribution in [-0.2, 0) is 13.0 Å². The lowest BCUT2D eigenvalue weighted by molar-refractivity contribution is 0.174. The number of aliphatic hydroxyl groups excluding tert-OH is 1. The number of nitrogen functional groups attached to an aromatic ring is 1. The summed E-state index contributed by atoms with van der Waals surface area (Å²) in [5, 5.41) is 15.2. The van der Waals surface area contributed by atoms with Gasteiger partial charge in [0.2, 0.25) is 5.89 Å². The fourth-order valence-electron chi connectivity index (χ4n) is 3.03. The van der Waals surface area contributed by atoms with E-state index in [1.165, 1.54) is 10.9 Å². The maximum Gasteiger partial charge on any atom is 0.263 e. The summed E-state index contributed by atoms with van der Waals surface area (Å²) in [6.45, 7) is 1.83. The van der Waals surface area contributed by atoms with Gasteiger partial charge in [0.05, 0.1) is 11.5 Å². The van der Waals surface area contributed by atoms with Gasteiger partial charge in [-0.25, -0.2) is 9.97 Å². The lowest BCUT2D eigenvalue weighted by atomic mass is 10.1. The molecule has 1 aromatic carbocycles. The zero-order valence-corrected chi connectivity index (χ0v) is 16.2. The van der Waals surface area contributed by atoms with Gasteiger partial charge >= 0.3 is 0 Å². The molecule has 0 saturated heterocycles. The molecule has 4 rings (SSSR count). The molecule has 0 aliphatic heterocycles. The number of nitrogens with zero attached hydrogens (tertiary/aromatic N) is 5. The zero-order chi connectivity index (χ0) is 20.5. The van der Waals surface area contributed by atoms with Crippen LogP contribution >= 0.6 is 11.6 Å². The van der Waals surface area contributed by atoms with Crippen molar-refractivity contribution in [3.8, 4) is 0 Å². The average molecular weight is 413 g/mol. The van der Waals surface area contributed by atoms with E-state index in [0.717, 1.165) is 0 Å². The van der Waals surface area contributed by atoms with Crippen molar-refractivity contribution in [2.45, 2.75) is 26.0 Å². The van der Waals surface area contributed by atoms with E-state index in [9.17, 15) is 9.90 Å². The summed E-state index contributed by atoms with van der Waals surface area (Å²) in [5.41, 5.74) is 7.11. The molecule has 1 atom stereocenters. The summed E-state index contributed by atoms with van der Waals surface area (Å²) in [6.07, 6.45) is 0.725. The van der Waals surface area contributed by atoms with Crippen molar-refractivity contribution in [1.82, 2.24) is 24.7 Å². The first-order chi connectivity index (χ1) is 13.9. The number of pyridine rings is 1. The topological polar surface area (TPSA) is 133 Å². The van der Waals surface area contributed by atoms with Crippen LogP contribution in [0.5, 0.6) is 0 Å². The van der Waals surface area contributed by atoms with Crippen molar-refractivity contribution in [3.63, 3.8) is 0 Å². The van der Waals surface area contributed by atoms with Gasteiger partial charge in [0.25, 0.3) is 5.56 Å². The second-order valence-corrected chi connectivity index (χ2v) is 7.05. The van der Waals surface area contributed by atoms with Crippen LogP contribution < -0.4 is 11.3 Å². The molecule has 9 nitrogen and oxygen atoms in total. The number of halogens is 1. The first-order valence-electron chi connectivity index (χ1n) is 8.78. The third-order valence-electron chi connectivity index (χ3n) is 4.46. The Kier molecular flexibility index (Phi) is 4.99. The lowest BCUT2D eigenvalue weighted by Gasteiger charge is -2.08. The highest BCUT2D eigenvalue weighted by Gasteiger charge is 2.16. The zero-order valence-electron chi connectivity index (χ0n) is 15.4. The first-order valence-corrected chi connectivity index (χ1v) is 9.16. The molecule has 3 heterocycles. The molecule has 148 valence electrons. The Morgan fingerprint density at radius 2 is 2.03 bits per heavy atom. The fraction of sp³-hybridized carbons (Fsp3) is 0.211. The van der Waals surface area contributed by atoms with Gasteiger partial charge in [-0.1, -0.05) is 28.9 Å². The predicted octanol–water partition coefficient (Wildman–Crippen LogP) is 2.04. The Bertz CT molecular complexity index is 1240. The van der Waals surface area contributed by atoms with Crippen LogP contribution in [0, 0.1) is 6.92 Å². The van der Waals surface area contributed by atoms with E-state index in [2.05, 4.69) is 20.1 Å². The molecule has 0 aliphatic carbocycles. The summed E-state index contributed by atoms with van der Waals surface area (Å²) in [7, 11) is 0. The van der Waals surface area contributed by atoms with Crippen LogP contribution in [0.4, 0.5) is 5.82 Å². The Morgan fingerprint density at radius 1 is 1.28 bits per heavy atom. The molecule has 0 radical (unpaired) electrons. The van der Waals surface area contributed by atoms with Crippen molar-refractivity contribution < 1.29 is 9.63 Å². The molecule has 3 aromatic heterocycles. The summed E-state index contributed by atoms with van der Waals surface area (Å²) < 4.78 is 6.59. The number of aromatic nitrogens is 5. The van der Waals surface area contributed by atoms with Crippen LogP contribution in [0.15, 0.2) is 46.0 Å². The standard InChI is InChI=1S/C19H17ClN6O3/c1-10-6-14(21)23-18-17(10)19(28)26(9-22-18)8-16-24-15(25-29-16)7-13(27)11-2-4-12(20)5-3-11/h2-6,9,13,27H,7-8H2,1H3,(H2,21,23). The molecule has 29 heavy (non-hydrogen) atoms. The van der Waals surface area contributed by atoms with Crippen LogP contribution in [0.2, 0.25) is 5.02 Å². The monoisotopic (exact) mass is 412 g/mol. The molecule has 10 heteroatoms. The van der Waals surface area contributed by atoms with E-state index in [4.69, 9.17) is 21.9 Å². The minimum atomic E-state index is -0.804. The number of hydrogen-bond donors (Lipinski definition) is 2. The summed E-state index contributed by atoms with van der Waals surface area (Å²) in [5.74, 6) is 0.864. The van der Waals surface area contributed by atoms with Crippen molar-refractivity contribution >= 4 is 28.5 Å². The highest BCUT2D eigenvalue weighted by molar-refractivity contribution is 6.30. The van der Waals surface area contributed by atoms with Gasteiger partial charge in [0, 0.05) is 11.4 Å². The van der Waals surface area contributed by atoms with Gasteiger partial charge in [0.1, 0.15) is 18.7 Å². The largest absolute Gasteiger partial charge is 0.388 e. The van der Waals surface area contributed by atoms with Crippen molar-refractivity contribution in [2.75, 3.05) is 5.73 Å². The SMILES string of the molecule is Cc1cc(N)nc2ncn(Cc3nc(CC(O)c4ccc(Cl)cc4)no3)c(=O)c12. The molecule has 0 fully saturated rings. The molecular formula is C19H17ClN6O3. The van der Waals surface area contributed by atoms with Gasteiger partial charge in [-0.15, -0.1) is 0 Å². The number of nitrogens with two attached hydrogens (primary N) is 1. The Labute approximate surface area is 169 Å². The molecule has 4 aromatic rings. The normalized spacial score (nSPS) is 12.4. The molecule has 0 spiro atoms. The van der Waals surface area contributed by atoms with Crippen molar-refractivity contribution in [2.24, 2.45) is 0 Å². The summed E-state index contributed by atoms with van der Waals surface area (Å²) in [6, 6.07) is 8.49. The minimum absolute atomic E-state index is 0.0512. The number of benzene rings is 1. The van der Waals surface area contributed by atoms with Gasteiger partial charge in [0.15, 0.2) is 11.5 Å². The van der Waals surface area contributed by atoms with Crippen LogP contribution in [0.25, 0.3) is 11.0 Å². The highest BCUT2D eigenvalue weighted by atomic mass is 35.5. The van der Waals surface area contributed by atoms with Gasteiger partial charge in [-0.3, -0.25) is 9.36 Å². The predicted molar refractivity (Wildman–Crippen MR) is 106 cm³/mol. The quantitative estimate of drug-likeness (QED) is 0.508. The van der Waals surface area contributed by atoms with Crippen LogP contribution in [0.3, 0.4) is 0 Å². The van der Waals surface area contributed by atoms with E-state index >= 15 is 0 Å². The second kappa shape index (κ2) is 7.61. The smallest absolute Gasteiger partial charge is 0.263 e. The molecule has 1 unspecified atom stereocenters. The Hall–Kier alpha value is -3.30. The highest BCUT2D eigenvalue weighted by Crippen LogP contribution is 2.19. The van der Waals surface area contributed by atoms with E-state index in [1.54, 1.807) is 37.3 Å². The van der Waals surface area contributed by atoms with E-state index in [1.807, 2.05) is 0 Å². The van der Waals surface area contributed by atoms with Crippen molar-refractivity contribution in [1.29, 1.82) is 0 Å². The van der Waals surface area contributed by atoms with Crippen molar-refractivity contribution in [3.05, 3.63) is 74.9 Å². The van der Waals surface area contributed by atoms with Crippen LogP contribution in [-0.4, -0.2) is 29.8 Å². The third-order valence-corrected chi connectivity index (χ3v) is 4.71. The average Bonchev–Trinajstić information content (AvgIpc) is 3.11. The fourth-order valence-corrected chi connectivity index (χ4v) is 3.16. The molecular weight excluding hydrogens is 396 g/mol. The maximum atomic E-state index is 12.8. The number of aliphatic hydroxyl groups is 1. The number of rotatable bonds is 5. The molecule has 0 aliphatic rings. The lowest BCUT2D eigenvalue weighted by Crippen LogP contribution is -2.22. The second-order valence-electron chi connectivity index (χ2n) is 6.62. The third kappa shape index (κ3) is 3.96. The summed E-state index contributed by atoms with van der Waals surface area (Å²) >= 11 is 5.86. The minimum Gasteiger partial charge on any atom is -0.388 e. The van der Waals surface area contributed by atoms with Gasteiger partial charge in [-0.2, -0.15) is 4.98 Å². The van der Waals surface area contributed by atoms with E-state index in [0.29, 0.717) is 38.8 Å². The van der Waals surface area contributed by atoms with E-state index in [-0.39, 0.29) is 24.4 Å². The van der Waals surface area contributed by atoms with Crippen LogP contribution in [0.1, 0.15) is 28.9 Å². The molecule has 0 bridgehead atoms. The Morgan fingerprint density at radius 3 is 2.79 bits per heavy atom. The number of hydrogen-bond acceptors (Lipinski definition) is 8. The molecule has 0 saturated carbocycles. The summed E-state index contributed by atoms with van der Waals surface area (Å²) in [4.78, 5) is 25.3. The molecule has 0 amide bonds. The Balaban J connectivity index is 1.54. The maximum absolute atomic E-state index is 12.8. The van der Waals surface area contributed by atoms with E-state index < -0.39 is 6.10 Å². The number of anilines is 1. The number of aryl methyl sites for hydroxylation is 1. The number of fused-ring (bicyclic) bond motifs is 1. The molecule has 3 N–H and O–H groups in total. The van der Waals surface area contributed by atoms with Gasteiger partial charge < -0.3 is 15.4 Å². The van der Waals surface area contributed by atoms with Gasteiger partial charge in [-0.05, 0) is 36.2 Å².